The molecule has 0 aromatic heterocycles. The molecule has 0 aromatic rings. The summed E-state index contributed by atoms with van der Waals surface area (Å²) in [5.74, 6) is -0.206. The molecule has 386 valence electrons. The zero-order valence-corrected chi connectivity index (χ0v) is 41.0. The first-order valence-corrected chi connectivity index (χ1v) is 26.8. The zero-order chi connectivity index (χ0) is 47.5. The number of hydrogen-bond donors (Lipinski definition) is 9. The van der Waals surface area contributed by atoms with Crippen LogP contribution in [0.25, 0.3) is 0 Å². The SMILES string of the molecule is CCCCCCCCCCCCCCCCCCCCCCCCCCC(=O)NC(COC1OC(CO)C(OC2OC(CO)C(O)C(O)C2O)C(O)C1O)C(O)CCCCCCCCC. The quantitative estimate of drug-likeness (QED) is 0.0273. The highest BCUT2D eigenvalue weighted by molar-refractivity contribution is 5.76. The van der Waals surface area contributed by atoms with Crippen LogP contribution in [0, 0.1) is 0 Å². The van der Waals surface area contributed by atoms with Gasteiger partial charge in [-0.25, -0.2) is 0 Å². The van der Waals surface area contributed by atoms with Crippen LogP contribution in [-0.2, 0) is 23.7 Å². The largest absolute Gasteiger partial charge is 0.394 e. The summed E-state index contributed by atoms with van der Waals surface area (Å²) in [6.07, 6.45) is 23.0. The van der Waals surface area contributed by atoms with E-state index in [0.29, 0.717) is 12.8 Å². The monoisotopic (exact) mass is 934 g/mol. The number of carbonyl (C=O) groups is 1. The molecular formula is C51H99NO13. The maximum absolute atomic E-state index is 13.1. The first-order chi connectivity index (χ1) is 31.6. The van der Waals surface area contributed by atoms with Gasteiger partial charge in [-0.3, -0.25) is 4.79 Å². The van der Waals surface area contributed by atoms with Crippen LogP contribution in [0.2, 0.25) is 0 Å². The highest BCUT2D eigenvalue weighted by Crippen LogP contribution is 2.30. The molecule has 12 atom stereocenters. The zero-order valence-electron chi connectivity index (χ0n) is 41.0. The van der Waals surface area contributed by atoms with Gasteiger partial charge in [0.15, 0.2) is 12.6 Å². The van der Waals surface area contributed by atoms with Crippen molar-refractivity contribution >= 4 is 5.91 Å². The van der Waals surface area contributed by atoms with Gasteiger partial charge in [0.2, 0.25) is 5.91 Å². The molecule has 0 saturated carbocycles. The van der Waals surface area contributed by atoms with Crippen LogP contribution in [0.1, 0.15) is 226 Å². The van der Waals surface area contributed by atoms with E-state index in [1.54, 1.807) is 0 Å². The van der Waals surface area contributed by atoms with Gasteiger partial charge in [0.25, 0.3) is 0 Å². The van der Waals surface area contributed by atoms with E-state index in [1.165, 1.54) is 148 Å². The molecule has 0 radical (unpaired) electrons. The molecule has 0 aromatic carbocycles. The third-order valence-corrected chi connectivity index (χ3v) is 13.6. The summed E-state index contributed by atoms with van der Waals surface area (Å²) < 4.78 is 22.7. The Kier molecular flexibility index (Phi) is 35.9. The normalized spacial score (nSPS) is 26.9. The predicted molar refractivity (Wildman–Crippen MR) is 254 cm³/mol. The second-order valence-corrected chi connectivity index (χ2v) is 19.4. The number of amides is 1. The molecule has 14 nitrogen and oxygen atoms in total. The van der Waals surface area contributed by atoms with Crippen LogP contribution in [0.5, 0.6) is 0 Å². The lowest BCUT2D eigenvalue weighted by atomic mass is 9.97. The van der Waals surface area contributed by atoms with Gasteiger partial charge < -0.3 is 65.1 Å². The molecule has 2 rings (SSSR count). The third kappa shape index (κ3) is 26.0. The van der Waals surface area contributed by atoms with Crippen molar-refractivity contribution in [3.05, 3.63) is 0 Å². The topological polar surface area (TPSA) is 228 Å². The van der Waals surface area contributed by atoms with Gasteiger partial charge in [-0.1, -0.05) is 206 Å². The number of ether oxygens (including phenoxy) is 4. The molecule has 0 aliphatic carbocycles. The Morgan fingerprint density at radius 1 is 0.492 bits per heavy atom. The minimum atomic E-state index is -1.78. The van der Waals surface area contributed by atoms with E-state index in [-0.39, 0.29) is 12.5 Å². The molecule has 0 bridgehead atoms. The van der Waals surface area contributed by atoms with Crippen LogP contribution < -0.4 is 5.32 Å². The highest BCUT2D eigenvalue weighted by atomic mass is 16.7. The average molecular weight is 934 g/mol. The fourth-order valence-electron chi connectivity index (χ4n) is 9.18. The Labute approximate surface area is 393 Å². The van der Waals surface area contributed by atoms with Gasteiger partial charge in [-0.05, 0) is 12.8 Å². The molecule has 2 aliphatic heterocycles. The molecule has 12 unspecified atom stereocenters. The lowest BCUT2D eigenvalue weighted by Crippen LogP contribution is -2.65. The van der Waals surface area contributed by atoms with Crippen molar-refractivity contribution in [1.82, 2.24) is 5.32 Å². The fourth-order valence-corrected chi connectivity index (χ4v) is 9.18. The minimum absolute atomic E-state index is 0.206. The van der Waals surface area contributed by atoms with Gasteiger partial charge in [-0.2, -0.15) is 0 Å². The second kappa shape index (κ2) is 38.8. The summed E-state index contributed by atoms with van der Waals surface area (Å²) >= 11 is 0. The van der Waals surface area contributed by atoms with Crippen LogP contribution in [0.3, 0.4) is 0 Å². The molecule has 1 amide bonds. The fraction of sp³-hybridized carbons (Fsp3) is 0.980. The van der Waals surface area contributed by atoms with E-state index < -0.39 is 86.8 Å². The smallest absolute Gasteiger partial charge is 0.220 e. The first kappa shape index (κ1) is 60.1. The lowest BCUT2D eigenvalue weighted by Gasteiger charge is -2.46. The number of aliphatic hydroxyl groups excluding tert-OH is 8. The number of rotatable bonds is 42. The van der Waals surface area contributed by atoms with Crippen LogP contribution in [-0.4, -0.2) is 140 Å². The van der Waals surface area contributed by atoms with E-state index in [2.05, 4.69) is 19.2 Å². The Hall–Kier alpha value is -1.01. The van der Waals surface area contributed by atoms with Crippen LogP contribution in [0.4, 0.5) is 0 Å². The summed E-state index contributed by atoms with van der Waals surface area (Å²) in [6, 6.07) is -0.819. The number of carbonyl (C=O) groups excluding carboxylic acids is 1. The summed E-state index contributed by atoms with van der Waals surface area (Å²) in [7, 11) is 0. The van der Waals surface area contributed by atoms with Crippen molar-refractivity contribution in [1.29, 1.82) is 0 Å². The van der Waals surface area contributed by atoms with Crippen LogP contribution in [0.15, 0.2) is 0 Å². The van der Waals surface area contributed by atoms with Gasteiger partial charge in [0.05, 0.1) is 32.0 Å². The van der Waals surface area contributed by atoms with Gasteiger partial charge in [-0.15, -0.1) is 0 Å². The molecule has 65 heavy (non-hydrogen) atoms. The van der Waals surface area contributed by atoms with E-state index in [1.807, 2.05) is 0 Å². The second-order valence-electron chi connectivity index (χ2n) is 19.4. The standard InChI is InChI=1S/C51H99NO13/c1-3-5-7-9-11-12-13-14-15-16-17-18-19-20-21-22-23-24-25-26-27-29-31-33-35-43(56)52-39(40(55)34-32-30-28-10-8-6-4-2)38-62-50-48(61)46(59)49(42(37-54)64-50)65-51-47(60)45(58)44(57)41(36-53)63-51/h39-42,44-51,53-55,57-61H,3-38H2,1-2H3,(H,52,56). The van der Waals surface area contributed by atoms with Crippen molar-refractivity contribution in [3.63, 3.8) is 0 Å². The predicted octanol–water partition coefficient (Wildman–Crippen LogP) is 7.39. The maximum atomic E-state index is 13.1. The molecule has 2 fully saturated rings. The summed E-state index contributed by atoms with van der Waals surface area (Å²) in [5, 5.41) is 86.6. The Morgan fingerprint density at radius 3 is 1.31 bits per heavy atom. The molecule has 2 aliphatic rings. The third-order valence-electron chi connectivity index (χ3n) is 13.6. The van der Waals surface area contributed by atoms with Gasteiger partial charge in [0, 0.05) is 6.42 Å². The first-order valence-electron chi connectivity index (χ1n) is 26.8. The van der Waals surface area contributed by atoms with Crippen molar-refractivity contribution in [2.24, 2.45) is 0 Å². The summed E-state index contributed by atoms with van der Waals surface area (Å²) in [4.78, 5) is 13.1. The Balaban J connectivity index is 1.67. The van der Waals surface area contributed by atoms with Crippen LogP contribution >= 0.6 is 0 Å². The Bertz CT molecular complexity index is 1100. The molecule has 2 saturated heterocycles. The van der Waals surface area contributed by atoms with Gasteiger partial charge >= 0.3 is 0 Å². The molecule has 0 spiro atoms. The summed E-state index contributed by atoms with van der Waals surface area (Å²) in [5.41, 5.74) is 0. The van der Waals surface area contributed by atoms with Crippen molar-refractivity contribution < 1.29 is 64.6 Å². The van der Waals surface area contributed by atoms with E-state index in [9.17, 15) is 45.6 Å². The molecule has 2 heterocycles. The number of nitrogens with one attached hydrogen (secondary N) is 1. The van der Waals surface area contributed by atoms with Crippen molar-refractivity contribution in [2.45, 2.75) is 299 Å². The molecule has 14 heteroatoms. The van der Waals surface area contributed by atoms with E-state index >= 15 is 0 Å². The highest BCUT2D eigenvalue weighted by Gasteiger charge is 2.51. The molecule has 9 N–H and O–H groups in total. The average Bonchev–Trinajstić information content (AvgIpc) is 3.30. The number of aliphatic hydroxyl groups is 8. The molecular weight excluding hydrogens is 835 g/mol. The van der Waals surface area contributed by atoms with Crippen molar-refractivity contribution in [3.8, 4) is 0 Å². The van der Waals surface area contributed by atoms with Crippen molar-refractivity contribution in [2.75, 3.05) is 19.8 Å². The summed E-state index contributed by atoms with van der Waals surface area (Å²) in [6.45, 7) is 2.82. The number of hydrogen-bond acceptors (Lipinski definition) is 13. The maximum Gasteiger partial charge on any atom is 0.220 e. The van der Waals surface area contributed by atoms with E-state index in [0.717, 1.165) is 51.4 Å². The lowest BCUT2D eigenvalue weighted by molar-refractivity contribution is -0.359. The van der Waals surface area contributed by atoms with E-state index in [4.69, 9.17) is 18.9 Å². The van der Waals surface area contributed by atoms with Gasteiger partial charge in [0.1, 0.15) is 48.8 Å². The Morgan fingerprint density at radius 2 is 0.877 bits per heavy atom. The minimum Gasteiger partial charge on any atom is -0.394 e. The number of unbranched alkanes of at least 4 members (excludes halogenated alkanes) is 29.